The molecular formula is C13H13N5O3. The average molecular weight is 287 g/mol. The van der Waals surface area contributed by atoms with Crippen LogP contribution in [-0.4, -0.2) is 28.1 Å². The standard InChI is InChI=1S/C13H13N5O3/c1-14-13(19)9-4-5-12(18(20)21)11(7-9)15-8-10-3-2-6-16-17-10/h2-7,15H,8H2,1H3,(H,14,19). The van der Waals surface area contributed by atoms with E-state index in [2.05, 4.69) is 20.8 Å². The van der Waals surface area contributed by atoms with Crippen molar-refractivity contribution in [2.45, 2.75) is 6.54 Å². The fraction of sp³-hybridized carbons (Fsp3) is 0.154. The third kappa shape index (κ3) is 3.50. The molecule has 21 heavy (non-hydrogen) atoms. The third-order valence-corrected chi connectivity index (χ3v) is 2.77. The van der Waals surface area contributed by atoms with Gasteiger partial charge in [-0.3, -0.25) is 14.9 Å². The van der Waals surface area contributed by atoms with Crippen LogP contribution in [0.5, 0.6) is 0 Å². The molecule has 8 heteroatoms. The van der Waals surface area contributed by atoms with E-state index in [0.717, 1.165) is 0 Å². The number of nitro groups is 1. The van der Waals surface area contributed by atoms with Crippen LogP contribution in [0.4, 0.5) is 11.4 Å². The second-order valence-electron chi connectivity index (χ2n) is 4.14. The van der Waals surface area contributed by atoms with Crippen LogP contribution in [0.2, 0.25) is 0 Å². The second kappa shape index (κ2) is 6.42. The van der Waals surface area contributed by atoms with Crippen LogP contribution in [0.15, 0.2) is 36.5 Å². The van der Waals surface area contributed by atoms with Gasteiger partial charge >= 0.3 is 0 Å². The Kier molecular flexibility index (Phi) is 4.39. The van der Waals surface area contributed by atoms with Crippen molar-refractivity contribution < 1.29 is 9.72 Å². The van der Waals surface area contributed by atoms with Crippen LogP contribution in [0, 0.1) is 10.1 Å². The number of nitro benzene ring substituents is 1. The van der Waals surface area contributed by atoms with E-state index in [9.17, 15) is 14.9 Å². The maximum Gasteiger partial charge on any atom is 0.292 e. The summed E-state index contributed by atoms with van der Waals surface area (Å²) in [4.78, 5) is 22.1. The van der Waals surface area contributed by atoms with Crippen molar-refractivity contribution >= 4 is 17.3 Å². The number of anilines is 1. The van der Waals surface area contributed by atoms with E-state index in [1.165, 1.54) is 31.4 Å². The van der Waals surface area contributed by atoms with Crippen LogP contribution in [0.25, 0.3) is 0 Å². The van der Waals surface area contributed by atoms with E-state index < -0.39 is 4.92 Å². The van der Waals surface area contributed by atoms with Gasteiger partial charge < -0.3 is 10.6 Å². The third-order valence-electron chi connectivity index (χ3n) is 2.77. The fourth-order valence-electron chi connectivity index (χ4n) is 1.74. The summed E-state index contributed by atoms with van der Waals surface area (Å²) in [5.74, 6) is -0.313. The first-order valence-corrected chi connectivity index (χ1v) is 6.13. The van der Waals surface area contributed by atoms with Gasteiger partial charge in [-0.2, -0.15) is 10.2 Å². The minimum absolute atomic E-state index is 0.105. The van der Waals surface area contributed by atoms with Crippen LogP contribution in [-0.2, 0) is 6.54 Å². The molecule has 0 aliphatic rings. The topological polar surface area (TPSA) is 110 Å². The molecule has 0 saturated carbocycles. The molecule has 2 rings (SSSR count). The lowest BCUT2D eigenvalue weighted by molar-refractivity contribution is -0.384. The number of nitrogens with one attached hydrogen (secondary N) is 2. The minimum atomic E-state index is -0.507. The molecule has 2 aromatic rings. The molecule has 1 heterocycles. The van der Waals surface area contributed by atoms with E-state index in [1.807, 2.05) is 0 Å². The molecule has 0 atom stereocenters. The fourth-order valence-corrected chi connectivity index (χ4v) is 1.74. The Morgan fingerprint density at radius 1 is 1.38 bits per heavy atom. The summed E-state index contributed by atoms with van der Waals surface area (Å²) in [6.45, 7) is 0.270. The first-order valence-electron chi connectivity index (χ1n) is 6.13. The Morgan fingerprint density at radius 3 is 2.81 bits per heavy atom. The first-order chi connectivity index (χ1) is 10.1. The minimum Gasteiger partial charge on any atom is -0.374 e. The van der Waals surface area contributed by atoms with Gasteiger partial charge in [-0.05, 0) is 24.3 Å². The van der Waals surface area contributed by atoms with Gasteiger partial charge in [-0.15, -0.1) is 0 Å². The zero-order valence-electron chi connectivity index (χ0n) is 11.2. The Balaban J connectivity index is 2.26. The van der Waals surface area contributed by atoms with Crippen molar-refractivity contribution in [3.63, 3.8) is 0 Å². The summed E-state index contributed by atoms with van der Waals surface area (Å²) in [5.41, 5.74) is 1.13. The van der Waals surface area contributed by atoms with Crippen molar-refractivity contribution in [1.29, 1.82) is 0 Å². The van der Waals surface area contributed by atoms with Gasteiger partial charge in [0, 0.05) is 24.9 Å². The molecule has 2 N–H and O–H groups in total. The Labute approximate surface area is 120 Å². The normalized spacial score (nSPS) is 9.95. The summed E-state index contributed by atoms with van der Waals surface area (Å²) in [6.07, 6.45) is 1.54. The Bertz CT molecular complexity index is 660. The molecule has 0 fully saturated rings. The zero-order valence-corrected chi connectivity index (χ0v) is 11.2. The van der Waals surface area contributed by atoms with Gasteiger partial charge in [-0.25, -0.2) is 0 Å². The molecule has 0 aliphatic carbocycles. The Hall–Kier alpha value is -3.03. The number of aromatic nitrogens is 2. The van der Waals surface area contributed by atoms with E-state index in [-0.39, 0.29) is 23.8 Å². The van der Waals surface area contributed by atoms with Crippen molar-refractivity contribution in [2.75, 3.05) is 12.4 Å². The number of rotatable bonds is 5. The molecular weight excluding hydrogens is 274 g/mol. The van der Waals surface area contributed by atoms with Crippen LogP contribution < -0.4 is 10.6 Å². The largest absolute Gasteiger partial charge is 0.374 e. The average Bonchev–Trinajstić information content (AvgIpc) is 2.52. The molecule has 1 aromatic carbocycles. The lowest BCUT2D eigenvalue weighted by Gasteiger charge is -2.08. The monoisotopic (exact) mass is 287 g/mol. The second-order valence-corrected chi connectivity index (χ2v) is 4.14. The molecule has 0 unspecified atom stereocenters. The molecule has 108 valence electrons. The SMILES string of the molecule is CNC(=O)c1ccc([N+](=O)[O-])c(NCc2cccnn2)c1. The van der Waals surface area contributed by atoms with E-state index in [4.69, 9.17) is 0 Å². The number of carbonyl (C=O) groups is 1. The van der Waals surface area contributed by atoms with E-state index in [0.29, 0.717) is 11.3 Å². The first kappa shape index (κ1) is 14.4. The van der Waals surface area contributed by atoms with E-state index >= 15 is 0 Å². The number of nitrogens with zero attached hydrogens (tertiary/aromatic N) is 3. The highest BCUT2D eigenvalue weighted by Gasteiger charge is 2.16. The number of carbonyl (C=O) groups excluding carboxylic acids is 1. The number of hydrogen-bond acceptors (Lipinski definition) is 6. The van der Waals surface area contributed by atoms with Crippen molar-refractivity contribution in [1.82, 2.24) is 15.5 Å². The van der Waals surface area contributed by atoms with Gasteiger partial charge in [0.15, 0.2) is 0 Å². The lowest BCUT2D eigenvalue weighted by Crippen LogP contribution is -2.18. The van der Waals surface area contributed by atoms with Gasteiger partial charge in [0.2, 0.25) is 0 Å². The lowest BCUT2D eigenvalue weighted by atomic mass is 10.1. The van der Waals surface area contributed by atoms with Gasteiger partial charge in [-0.1, -0.05) is 0 Å². The van der Waals surface area contributed by atoms with Gasteiger partial charge in [0.05, 0.1) is 17.2 Å². The van der Waals surface area contributed by atoms with Crippen LogP contribution in [0.3, 0.4) is 0 Å². The molecule has 1 aromatic heterocycles. The van der Waals surface area contributed by atoms with Gasteiger partial charge in [0.25, 0.3) is 11.6 Å². The highest BCUT2D eigenvalue weighted by atomic mass is 16.6. The molecule has 0 spiro atoms. The smallest absolute Gasteiger partial charge is 0.292 e. The molecule has 0 radical (unpaired) electrons. The highest BCUT2D eigenvalue weighted by Crippen LogP contribution is 2.25. The molecule has 8 nitrogen and oxygen atoms in total. The molecule has 0 saturated heterocycles. The molecule has 0 aliphatic heterocycles. The van der Waals surface area contributed by atoms with Crippen LogP contribution >= 0.6 is 0 Å². The summed E-state index contributed by atoms with van der Waals surface area (Å²) in [6, 6.07) is 7.61. The van der Waals surface area contributed by atoms with Crippen molar-refractivity contribution in [2.24, 2.45) is 0 Å². The van der Waals surface area contributed by atoms with Crippen molar-refractivity contribution in [3.05, 3.63) is 57.9 Å². The summed E-state index contributed by atoms with van der Waals surface area (Å²) >= 11 is 0. The summed E-state index contributed by atoms with van der Waals surface area (Å²) in [5, 5.41) is 24.0. The Morgan fingerprint density at radius 2 is 2.19 bits per heavy atom. The molecule has 0 bridgehead atoms. The number of hydrogen-bond donors (Lipinski definition) is 2. The maximum atomic E-state index is 11.6. The van der Waals surface area contributed by atoms with Gasteiger partial charge in [0.1, 0.15) is 5.69 Å². The van der Waals surface area contributed by atoms with Crippen molar-refractivity contribution in [3.8, 4) is 0 Å². The predicted octanol–water partition coefficient (Wildman–Crippen LogP) is 1.36. The highest BCUT2D eigenvalue weighted by molar-refractivity contribution is 5.95. The molecule has 1 amide bonds. The van der Waals surface area contributed by atoms with Crippen LogP contribution in [0.1, 0.15) is 16.1 Å². The number of amides is 1. The predicted molar refractivity (Wildman–Crippen MR) is 75.8 cm³/mol. The maximum absolute atomic E-state index is 11.6. The summed E-state index contributed by atoms with van der Waals surface area (Å²) in [7, 11) is 1.50. The number of benzene rings is 1. The quantitative estimate of drug-likeness (QED) is 0.634. The van der Waals surface area contributed by atoms with E-state index in [1.54, 1.807) is 12.1 Å². The summed E-state index contributed by atoms with van der Waals surface area (Å²) < 4.78 is 0. The zero-order chi connectivity index (χ0) is 15.2.